The van der Waals surface area contributed by atoms with Crippen molar-refractivity contribution in [2.75, 3.05) is 6.61 Å². The number of aryl methyl sites for hydroxylation is 1. The SMILES string of the molecule is Cc1ncsc1CCOc1ccc(S(N)(=O)=O)cn1. The molecule has 2 aromatic rings. The number of pyridine rings is 1. The summed E-state index contributed by atoms with van der Waals surface area (Å²) in [6.45, 7) is 2.41. The van der Waals surface area contributed by atoms with Gasteiger partial charge in [0.05, 0.1) is 24.0 Å². The lowest BCUT2D eigenvalue weighted by molar-refractivity contribution is 0.310. The van der Waals surface area contributed by atoms with Crippen LogP contribution in [-0.4, -0.2) is 25.0 Å². The van der Waals surface area contributed by atoms with Gasteiger partial charge in [0.2, 0.25) is 15.9 Å². The molecular weight excluding hydrogens is 286 g/mol. The summed E-state index contributed by atoms with van der Waals surface area (Å²) < 4.78 is 27.5. The van der Waals surface area contributed by atoms with Crippen LogP contribution in [0.3, 0.4) is 0 Å². The first kappa shape index (κ1) is 13.9. The van der Waals surface area contributed by atoms with Gasteiger partial charge in [-0.1, -0.05) is 0 Å². The average molecular weight is 299 g/mol. The number of thiazole rings is 1. The van der Waals surface area contributed by atoms with E-state index in [2.05, 4.69) is 9.97 Å². The molecule has 0 aliphatic carbocycles. The van der Waals surface area contributed by atoms with Gasteiger partial charge in [-0.15, -0.1) is 11.3 Å². The molecule has 8 heteroatoms. The number of primary sulfonamides is 1. The van der Waals surface area contributed by atoms with Crippen LogP contribution in [0, 0.1) is 6.92 Å². The molecule has 0 bridgehead atoms. The Balaban J connectivity index is 1.92. The quantitative estimate of drug-likeness (QED) is 0.892. The third kappa shape index (κ3) is 3.72. The molecule has 2 rings (SSSR count). The Hall–Kier alpha value is -1.51. The van der Waals surface area contributed by atoms with Crippen LogP contribution < -0.4 is 9.88 Å². The zero-order valence-corrected chi connectivity index (χ0v) is 11.9. The van der Waals surface area contributed by atoms with E-state index in [-0.39, 0.29) is 4.90 Å². The van der Waals surface area contributed by atoms with Crippen LogP contribution >= 0.6 is 11.3 Å². The molecule has 0 atom stereocenters. The molecular formula is C11H13N3O3S2. The molecule has 0 saturated heterocycles. The Kier molecular flexibility index (Phi) is 4.13. The van der Waals surface area contributed by atoms with Crippen molar-refractivity contribution in [3.05, 3.63) is 34.4 Å². The number of aromatic nitrogens is 2. The Morgan fingerprint density at radius 1 is 1.37 bits per heavy atom. The molecule has 2 N–H and O–H groups in total. The summed E-state index contributed by atoms with van der Waals surface area (Å²) >= 11 is 1.58. The number of hydrogen-bond acceptors (Lipinski definition) is 6. The number of hydrogen-bond donors (Lipinski definition) is 1. The highest BCUT2D eigenvalue weighted by Gasteiger charge is 2.08. The van der Waals surface area contributed by atoms with Gasteiger partial charge < -0.3 is 4.74 Å². The van der Waals surface area contributed by atoms with E-state index >= 15 is 0 Å². The minimum atomic E-state index is -3.71. The molecule has 0 aromatic carbocycles. The van der Waals surface area contributed by atoms with E-state index in [4.69, 9.17) is 9.88 Å². The summed E-state index contributed by atoms with van der Waals surface area (Å²) in [5, 5.41) is 4.97. The maximum absolute atomic E-state index is 11.0. The standard InChI is InChI=1S/C11H13N3O3S2/c1-8-10(18-7-14-8)4-5-17-11-3-2-9(6-13-11)19(12,15)16/h2-3,6-7H,4-5H2,1H3,(H2,12,15,16). The predicted molar refractivity (Wildman–Crippen MR) is 71.7 cm³/mol. The lowest BCUT2D eigenvalue weighted by Crippen LogP contribution is -2.12. The highest BCUT2D eigenvalue weighted by Crippen LogP contribution is 2.14. The predicted octanol–water partition coefficient (Wildman–Crippen LogP) is 1.12. The molecule has 0 unspecified atom stereocenters. The maximum Gasteiger partial charge on any atom is 0.239 e. The number of nitrogens with two attached hydrogens (primary N) is 1. The molecule has 0 fully saturated rings. The second-order valence-electron chi connectivity index (χ2n) is 3.84. The minimum absolute atomic E-state index is 0.0295. The van der Waals surface area contributed by atoms with E-state index in [1.807, 2.05) is 6.92 Å². The summed E-state index contributed by atoms with van der Waals surface area (Å²) in [7, 11) is -3.71. The minimum Gasteiger partial charge on any atom is -0.477 e. The van der Waals surface area contributed by atoms with Crippen molar-refractivity contribution < 1.29 is 13.2 Å². The van der Waals surface area contributed by atoms with Crippen LogP contribution in [0.2, 0.25) is 0 Å². The Morgan fingerprint density at radius 2 is 2.16 bits per heavy atom. The second kappa shape index (κ2) is 5.64. The third-order valence-corrected chi connectivity index (χ3v) is 4.36. The van der Waals surface area contributed by atoms with Gasteiger partial charge in [-0.05, 0) is 13.0 Å². The Labute approximate surface area is 115 Å². The Bertz CT molecular complexity index is 650. The average Bonchev–Trinajstić information content (AvgIpc) is 2.75. The molecule has 0 aliphatic heterocycles. The molecule has 19 heavy (non-hydrogen) atoms. The maximum atomic E-state index is 11.0. The van der Waals surface area contributed by atoms with Crippen molar-refractivity contribution in [1.29, 1.82) is 0 Å². The number of nitrogens with zero attached hydrogens (tertiary/aromatic N) is 2. The van der Waals surface area contributed by atoms with E-state index in [1.54, 1.807) is 16.8 Å². The molecule has 6 nitrogen and oxygen atoms in total. The van der Waals surface area contributed by atoms with Crippen molar-refractivity contribution in [3.63, 3.8) is 0 Å². The highest BCUT2D eigenvalue weighted by atomic mass is 32.2. The normalized spacial score (nSPS) is 11.5. The van der Waals surface area contributed by atoms with Crippen molar-refractivity contribution in [2.24, 2.45) is 5.14 Å². The van der Waals surface area contributed by atoms with E-state index in [9.17, 15) is 8.42 Å². The topological polar surface area (TPSA) is 95.2 Å². The first-order valence-electron chi connectivity index (χ1n) is 5.47. The lowest BCUT2D eigenvalue weighted by atomic mass is 10.3. The van der Waals surface area contributed by atoms with Gasteiger partial charge in [0, 0.05) is 17.4 Å². The molecule has 0 aliphatic rings. The number of ether oxygens (including phenoxy) is 1. The zero-order valence-electron chi connectivity index (χ0n) is 10.2. The van der Waals surface area contributed by atoms with Crippen molar-refractivity contribution in [1.82, 2.24) is 9.97 Å². The van der Waals surface area contributed by atoms with Gasteiger partial charge in [0.25, 0.3) is 0 Å². The second-order valence-corrected chi connectivity index (χ2v) is 6.34. The molecule has 0 radical (unpaired) electrons. The molecule has 2 heterocycles. The number of rotatable bonds is 5. The van der Waals surface area contributed by atoms with Crippen LogP contribution in [0.4, 0.5) is 0 Å². The van der Waals surface area contributed by atoms with Gasteiger partial charge >= 0.3 is 0 Å². The summed E-state index contributed by atoms with van der Waals surface area (Å²) in [5.41, 5.74) is 2.80. The molecule has 0 saturated carbocycles. The van der Waals surface area contributed by atoms with E-state index < -0.39 is 10.0 Å². The van der Waals surface area contributed by atoms with Crippen molar-refractivity contribution in [2.45, 2.75) is 18.2 Å². The van der Waals surface area contributed by atoms with E-state index in [0.717, 1.165) is 12.1 Å². The smallest absolute Gasteiger partial charge is 0.239 e. The van der Waals surface area contributed by atoms with E-state index in [0.29, 0.717) is 12.5 Å². The van der Waals surface area contributed by atoms with Gasteiger partial charge in [0.1, 0.15) is 4.90 Å². The fourth-order valence-corrected chi connectivity index (χ4v) is 2.65. The number of sulfonamides is 1. The summed E-state index contributed by atoms with van der Waals surface area (Å²) in [6.07, 6.45) is 1.93. The van der Waals surface area contributed by atoms with Gasteiger partial charge in [0.15, 0.2) is 0 Å². The van der Waals surface area contributed by atoms with Crippen LogP contribution in [0.1, 0.15) is 10.6 Å². The van der Waals surface area contributed by atoms with Crippen LogP contribution in [-0.2, 0) is 16.4 Å². The summed E-state index contributed by atoms with van der Waals surface area (Å²) in [6, 6.07) is 2.86. The van der Waals surface area contributed by atoms with E-state index in [1.165, 1.54) is 23.2 Å². The van der Waals surface area contributed by atoms with Crippen LogP contribution in [0.25, 0.3) is 0 Å². The summed E-state index contributed by atoms with van der Waals surface area (Å²) in [5.74, 6) is 0.370. The lowest BCUT2D eigenvalue weighted by Gasteiger charge is -2.05. The fourth-order valence-electron chi connectivity index (χ4n) is 1.43. The molecule has 2 aromatic heterocycles. The van der Waals surface area contributed by atoms with Crippen LogP contribution in [0.15, 0.2) is 28.7 Å². The van der Waals surface area contributed by atoms with Crippen molar-refractivity contribution in [3.8, 4) is 5.88 Å². The molecule has 0 amide bonds. The van der Waals surface area contributed by atoms with Gasteiger partial charge in [-0.2, -0.15) is 0 Å². The first-order chi connectivity index (χ1) is 8.97. The fraction of sp³-hybridized carbons (Fsp3) is 0.273. The zero-order chi connectivity index (χ0) is 13.9. The Morgan fingerprint density at radius 3 is 2.68 bits per heavy atom. The first-order valence-corrected chi connectivity index (χ1v) is 7.90. The van der Waals surface area contributed by atoms with Gasteiger partial charge in [-0.3, -0.25) is 0 Å². The molecule has 102 valence electrons. The monoisotopic (exact) mass is 299 g/mol. The van der Waals surface area contributed by atoms with Crippen LogP contribution in [0.5, 0.6) is 5.88 Å². The third-order valence-electron chi connectivity index (χ3n) is 2.46. The molecule has 0 spiro atoms. The van der Waals surface area contributed by atoms with Gasteiger partial charge in [-0.25, -0.2) is 23.5 Å². The summed E-state index contributed by atoms with van der Waals surface area (Å²) in [4.78, 5) is 9.18. The van der Waals surface area contributed by atoms with Crippen molar-refractivity contribution >= 4 is 21.4 Å². The highest BCUT2D eigenvalue weighted by molar-refractivity contribution is 7.89. The largest absolute Gasteiger partial charge is 0.477 e.